The Balaban J connectivity index is 1.68. The molecule has 0 spiro atoms. The Bertz CT molecular complexity index is 635. The predicted octanol–water partition coefficient (Wildman–Crippen LogP) is 1.90. The van der Waals surface area contributed by atoms with E-state index in [-0.39, 0.29) is 12.4 Å². The number of halogens is 1. The zero-order chi connectivity index (χ0) is 16.9. The summed E-state index contributed by atoms with van der Waals surface area (Å²) in [4.78, 5) is 4.69. The van der Waals surface area contributed by atoms with Crippen LogP contribution in [0.5, 0.6) is 0 Å². The largest absolute Gasteiger partial charge is 0.395 e. The lowest BCUT2D eigenvalue weighted by Crippen LogP contribution is -2.44. The SMILES string of the molecule is CN1CCC(N(CCO)Cc2cnn(-c3ccc(F)cc3)c2)CC1. The third-order valence-electron chi connectivity index (χ3n) is 4.70. The van der Waals surface area contributed by atoms with Gasteiger partial charge in [-0.15, -0.1) is 0 Å². The summed E-state index contributed by atoms with van der Waals surface area (Å²) < 4.78 is 14.8. The van der Waals surface area contributed by atoms with Crippen molar-refractivity contribution in [2.75, 3.05) is 33.3 Å². The van der Waals surface area contributed by atoms with Crippen LogP contribution in [-0.2, 0) is 6.54 Å². The zero-order valence-corrected chi connectivity index (χ0v) is 14.1. The highest BCUT2D eigenvalue weighted by atomic mass is 19.1. The summed E-state index contributed by atoms with van der Waals surface area (Å²) >= 11 is 0. The van der Waals surface area contributed by atoms with Gasteiger partial charge in [-0.2, -0.15) is 5.10 Å². The Hall–Kier alpha value is -1.76. The summed E-state index contributed by atoms with van der Waals surface area (Å²) in [5, 5.41) is 13.8. The van der Waals surface area contributed by atoms with Gasteiger partial charge in [0.05, 0.1) is 18.5 Å². The molecule has 0 radical (unpaired) electrons. The highest BCUT2D eigenvalue weighted by Gasteiger charge is 2.23. The molecule has 1 aliphatic heterocycles. The highest BCUT2D eigenvalue weighted by molar-refractivity contribution is 5.31. The standard InChI is InChI=1S/C18H25FN4O/c1-21-8-6-17(7-9-21)22(10-11-24)13-15-12-20-23(14-15)18-4-2-16(19)3-5-18/h2-5,12,14,17,24H,6-11,13H2,1H3. The van der Waals surface area contributed by atoms with Gasteiger partial charge in [0.1, 0.15) is 5.82 Å². The molecule has 1 saturated heterocycles. The number of likely N-dealkylation sites (tertiary alicyclic amines) is 1. The molecule has 0 unspecified atom stereocenters. The molecular weight excluding hydrogens is 307 g/mol. The van der Waals surface area contributed by atoms with Gasteiger partial charge in [0.25, 0.3) is 0 Å². The van der Waals surface area contributed by atoms with Gasteiger partial charge in [0.2, 0.25) is 0 Å². The predicted molar refractivity (Wildman–Crippen MR) is 91.5 cm³/mol. The van der Waals surface area contributed by atoms with Gasteiger partial charge in [0.15, 0.2) is 0 Å². The Morgan fingerprint density at radius 3 is 2.62 bits per heavy atom. The number of aliphatic hydroxyl groups excluding tert-OH is 1. The van der Waals surface area contributed by atoms with Crippen LogP contribution in [0.2, 0.25) is 0 Å². The fourth-order valence-electron chi connectivity index (χ4n) is 3.29. The average Bonchev–Trinajstić information content (AvgIpc) is 3.04. The van der Waals surface area contributed by atoms with Gasteiger partial charge in [-0.3, -0.25) is 4.90 Å². The molecule has 0 amide bonds. The maximum atomic E-state index is 13.0. The fourth-order valence-corrected chi connectivity index (χ4v) is 3.29. The van der Waals surface area contributed by atoms with E-state index in [1.165, 1.54) is 12.1 Å². The first-order chi connectivity index (χ1) is 11.7. The summed E-state index contributed by atoms with van der Waals surface area (Å²) in [6.07, 6.45) is 6.08. The molecule has 0 saturated carbocycles. The van der Waals surface area contributed by atoms with Crippen molar-refractivity contribution in [1.29, 1.82) is 0 Å². The molecule has 2 heterocycles. The van der Waals surface area contributed by atoms with E-state index in [4.69, 9.17) is 0 Å². The van der Waals surface area contributed by atoms with Crippen LogP contribution in [0.25, 0.3) is 5.69 Å². The number of rotatable bonds is 6. The summed E-state index contributed by atoms with van der Waals surface area (Å²) in [5.41, 5.74) is 1.95. The van der Waals surface area contributed by atoms with E-state index in [0.717, 1.165) is 43.7 Å². The molecule has 24 heavy (non-hydrogen) atoms. The van der Waals surface area contributed by atoms with Gasteiger partial charge in [-0.1, -0.05) is 0 Å². The minimum atomic E-state index is -0.248. The van der Waals surface area contributed by atoms with E-state index in [1.807, 2.05) is 12.4 Å². The summed E-state index contributed by atoms with van der Waals surface area (Å²) in [6, 6.07) is 6.81. The van der Waals surface area contributed by atoms with E-state index in [1.54, 1.807) is 16.8 Å². The lowest BCUT2D eigenvalue weighted by molar-refractivity contribution is 0.0941. The molecule has 1 aromatic carbocycles. The summed E-state index contributed by atoms with van der Waals surface area (Å²) in [7, 11) is 2.15. The van der Waals surface area contributed by atoms with Gasteiger partial charge >= 0.3 is 0 Å². The molecular formula is C18H25FN4O. The molecule has 2 aromatic rings. The normalized spacial score (nSPS) is 16.8. The Kier molecular flexibility index (Phi) is 5.60. The highest BCUT2D eigenvalue weighted by Crippen LogP contribution is 2.18. The maximum Gasteiger partial charge on any atom is 0.123 e. The monoisotopic (exact) mass is 332 g/mol. The lowest BCUT2D eigenvalue weighted by atomic mass is 10.0. The molecule has 5 nitrogen and oxygen atoms in total. The lowest BCUT2D eigenvalue weighted by Gasteiger charge is -2.36. The number of piperidine rings is 1. The van der Waals surface area contributed by atoms with Gasteiger partial charge in [-0.05, 0) is 57.2 Å². The van der Waals surface area contributed by atoms with Crippen LogP contribution in [0.15, 0.2) is 36.7 Å². The fraction of sp³-hybridized carbons (Fsp3) is 0.500. The zero-order valence-electron chi connectivity index (χ0n) is 14.1. The maximum absolute atomic E-state index is 13.0. The van der Waals surface area contributed by atoms with E-state index >= 15 is 0 Å². The molecule has 0 atom stereocenters. The molecule has 1 fully saturated rings. The Labute approximate surface area is 142 Å². The molecule has 6 heteroatoms. The van der Waals surface area contributed by atoms with Crippen LogP contribution in [0.3, 0.4) is 0 Å². The molecule has 0 aliphatic carbocycles. The van der Waals surface area contributed by atoms with E-state index in [9.17, 15) is 9.50 Å². The average molecular weight is 332 g/mol. The number of nitrogens with zero attached hydrogens (tertiary/aromatic N) is 4. The number of benzene rings is 1. The van der Waals surface area contributed by atoms with Crippen LogP contribution in [-0.4, -0.2) is 64.0 Å². The third kappa shape index (κ3) is 4.20. The first kappa shape index (κ1) is 17.1. The Morgan fingerprint density at radius 2 is 1.96 bits per heavy atom. The molecule has 1 N–H and O–H groups in total. The summed E-state index contributed by atoms with van der Waals surface area (Å²) in [6.45, 7) is 3.81. The number of hydrogen-bond acceptors (Lipinski definition) is 4. The van der Waals surface area contributed by atoms with Crippen LogP contribution in [0, 0.1) is 5.82 Å². The van der Waals surface area contributed by atoms with E-state index in [0.29, 0.717) is 12.6 Å². The smallest absolute Gasteiger partial charge is 0.123 e. The van der Waals surface area contributed by atoms with E-state index in [2.05, 4.69) is 21.9 Å². The van der Waals surface area contributed by atoms with Crippen LogP contribution in [0.4, 0.5) is 4.39 Å². The second-order valence-electron chi connectivity index (χ2n) is 6.50. The van der Waals surface area contributed by atoms with Crippen molar-refractivity contribution >= 4 is 0 Å². The molecule has 130 valence electrons. The Morgan fingerprint density at radius 1 is 1.25 bits per heavy atom. The van der Waals surface area contributed by atoms with Crippen molar-refractivity contribution < 1.29 is 9.50 Å². The topological polar surface area (TPSA) is 44.5 Å². The van der Waals surface area contributed by atoms with Gasteiger partial charge < -0.3 is 10.0 Å². The summed E-state index contributed by atoms with van der Waals surface area (Å²) in [5.74, 6) is -0.248. The molecule has 3 rings (SSSR count). The van der Waals surface area contributed by atoms with Crippen molar-refractivity contribution in [3.63, 3.8) is 0 Å². The first-order valence-electron chi connectivity index (χ1n) is 8.48. The second-order valence-corrected chi connectivity index (χ2v) is 6.50. The van der Waals surface area contributed by atoms with Crippen LogP contribution in [0.1, 0.15) is 18.4 Å². The first-order valence-corrected chi connectivity index (χ1v) is 8.48. The van der Waals surface area contributed by atoms with Gasteiger partial charge in [0, 0.05) is 30.9 Å². The second kappa shape index (κ2) is 7.88. The number of aromatic nitrogens is 2. The third-order valence-corrected chi connectivity index (χ3v) is 4.70. The van der Waals surface area contributed by atoms with Crippen molar-refractivity contribution in [3.8, 4) is 5.69 Å². The van der Waals surface area contributed by atoms with Gasteiger partial charge in [-0.25, -0.2) is 9.07 Å². The minimum absolute atomic E-state index is 0.165. The van der Waals surface area contributed by atoms with Crippen molar-refractivity contribution in [2.45, 2.75) is 25.4 Å². The molecule has 0 bridgehead atoms. The van der Waals surface area contributed by atoms with Crippen LogP contribution >= 0.6 is 0 Å². The number of hydrogen-bond donors (Lipinski definition) is 1. The molecule has 1 aliphatic rings. The van der Waals surface area contributed by atoms with E-state index < -0.39 is 0 Å². The van der Waals surface area contributed by atoms with Crippen molar-refractivity contribution in [3.05, 3.63) is 48.0 Å². The van der Waals surface area contributed by atoms with Crippen LogP contribution < -0.4 is 0 Å². The number of aliphatic hydroxyl groups is 1. The minimum Gasteiger partial charge on any atom is -0.395 e. The quantitative estimate of drug-likeness (QED) is 0.878. The molecule has 1 aromatic heterocycles. The van der Waals surface area contributed by atoms with Crippen molar-refractivity contribution in [1.82, 2.24) is 19.6 Å². The van der Waals surface area contributed by atoms with Crippen molar-refractivity contribution in [2.24, 2.45) is 0 Å².